The molecular weight excluding hydrogens is 452 g/mol. The summed E-state index contributed by atoms with van der Waals surface area (Å²) in [6.45, 7) is 0. The van der Waals surface area contributed by atoms with Crippen molar-refractivity contribution < 1.29 is 13.2 Å². The number of nitrogens with one attached hydrogen (secondary N) is 1. The maximum absolute atomic E-state index is 12.8. The van der Waals surface area contributed by atoms with Crippen LogP contribution in [0.3, 0.4) is 0 Å². The van der Waals surface area contributed by atoms with Crippen LogP contribution in [0, 0.1) is 0 Å². The lowest BCUT2D eigenvalue weighted by Gasteiger charge is -2.25. The first-order valence-electron chi connectivity index (χ1n) is 6.65. The Balaban J connectivity index is 2.41. The molecule has 0 aliphatic heterocycles. The van der Waals surface area contributed by atoms with Gasteiger partial charge in [0.1, 0.15) is 0 Å². The molecule has 25 heavy (non-hydrogen) atoms. The Morgan fingerprint density at radius 3 is 2.12 bits per heavy atom. The molecule has 0 spiro atoms. The van der Waals surface area contributed by atoms with Gasteiger partial charge < -0.3 is 5.32 Å². The predicted octanol–water partition coefficient (Wildman–Crippen LogP) is 4.89. The molecule has 0 aliphatic rings. The van der Waals surface area contributed by atoms with E-state index < -0.39 is 24.9 Å². The highest BCUT2D eigenvalue weighted by molar-refractivity contribution is 7.92. The first kappa shape index (κ1) is 20.6. The zero-order chi connectivity index (χ0) is 18.8. The minimum atomic E-state index is -4.18. The minimum Gasteiger partial charge on any atom is -0.332 e. The Morgan fingerprint density at radius 1 is 1.00 bits per heavy atom. The summed E-state index contributed by atoms with van der Waals surface area (Å²) in [5, 5.41) is 0.744. The highest BCUT2D eigenvalue weighted by atomic mass is 35.6. The third-order valence-electron chi connectivity index (χ3n) is 3.12. The fourth-order valence-corrected chi connectivity index (χ4v) is 5.09. The lowest BCUT2D eigenvalue weighted by molar-refractivity contribution is 0.0948. The SMILES string of the molecule is O=C(N[C@@H](C(Cl)(Cl)Cl)S(=O)(=O)c1ccccc1)c1ccc(Cl)cc1Cl. The van der Waals surface area contributed by atoms with Crippen LogP contribution in [0.2, 0.25) is 10.0 Å². The fraction of sp³-hybridized carbons (Fsp3) is 0.133. The molecule has 0 aliphatic carbocycles. The molecule has 2 aromatic rings. The monoisotopic (exact) mass is 459 g/mol. The zero-order valence-electron chi connectivity index (χ0n) is 12.2. The highest BCUT2D eigenvalue weighted by Gasteiger charge is 2.44. The van der Waals surface area contributed by atoms with E-state index in [2.05, 4.69) is 5.32 Å². The van der Waals surface area contributed by atoms with Crippen molar-refractivity contribution in [3.05, 3.63) is 64.1 Å². The van der Waals surface area contributed by atoms with Gasteiger partial charge in [-0.1, -0.05) is 76.2 Å². The lowest BCUT2D eigenvalue weighted by atomic mass is 10.2. The van der Waals surface area contributed by atoms with Crippen molar-refractivity contribution in [3.8, 4) is 0 Å². The van der Waals surface area contributed by atoms with Gasteiger partial charge in [0.2, 0.25) is 13.6 Å². The van der Waals surface area contributed by atoms with Gasteiger partial charge in [-0.05, 0) is 30.3 Å². The Hall–Kier alpha value is -0.690. The standard InChI is InChI=1S/C15H10Cl5NO3S/c16-9-6-7-11(12(17)8-9)13(22)21-14(15(18,19)20)25(23,24)10-4-2-1-3-5-10/h1-8,14H,(H,21,22)/t14-/m1/s1. The van der Waals surface area contributed by atoms with Crippen LogP contribution >= 0.6 is 58.0 Å². The molecule has 0 heterocycles. The molecule has 0 saturated carbocycles. The van der Waals surface area contributed by atoms with Crippen LogP contribution in [0.15, 0.2) is 53.4 Å². The summed E-state index contributed by atoms with van der Waals surface area (Å²) in [5.41, 5.74) is -0.00595. The molecule has 0 saturated heterocycles. The number of hydrogen-bond donors (Lipinski definition) is 1. The summed E-state index contributed by atoms with van der Waals surface area (Å²) in [6.07, 6.45) is 0. The molecule has 2 rings (SSSR count). The van der Waals surface area contributed by atoms with Gasteiger partial charge in [-0.25, -0.2) is 8.42 Å². The van der Waals surface area contributed by atoms with E-state index in [0.717, 1.165) is 0 Å². The van der Waals surface area contributed by atoms with Gasteiger partial charge in [0.25, 0.3) is 5.91 Å². The number of alkyl halides is 3. The number of amides is 1. The predicted molar refractivity (Wildman–Crippen MR) is 102 cm³/mol. The number of rotatable bonds is 4. The highest BCUT2D eigenvalue weighted by Crippen LogP contribution is 2.36. The van der Waals surface area contributed by atoms with Crippen LogP contribution in [-0.2, 0) is 9.84 Å². The van der Waals surface area contributed by atoms with E-state index >= 15 is 0 Å². The maximum Gasteiger partial charge on any atom is 0.253 e. The van der Waals surface area contributed by atoms with Gasteiger partial charge in [-0.15, -0.1) is 0 Å². The summed E-state index contributed by atoms with van der Waals surface area (Å²) in [7, 11) is -4.18. The van der Waals surface area contributed by atoms with Crippen molar-refractivity contribution in [2.45, 2.75) is 14.1 Å². The van der Waals surface area contributed by atoms with E-state index in [1.807, 2.05) is 0 Å². The Labute approximate surface area is 169 Å². The van der Waals surface area contributed by atoms with E-state index in [-0.39, 0.29) is 15.5 Å². The molecule has 134 valence electrons. The van der Waals surface area contributed by atoms with Crippen molar-refractivity contribution in [2.24, 2.45) is 0 Å². The molecule has 1 atom stereocenters. The fourth-order valence-electron chi connectivity index (χ4n) is 1.95. The van der Waals surface area contributed by atoms with Crippen molar-refractivity contribution in [3.63, 3.8) is 0 Å². The summed E-state index contributed by atoms with van der Waals surface area (Å²) in [6, 6.07) is 11.4. The van der Waals surface area contributed by atoms with Crippen LogP contribution in [0.5, 0.6) is 0 Å². The second-order valence-electron chi connectivity index (χ2n) is 4.88. The molecular formula is C15H10Cl5NO3S. The van der Waals surface area contributed by atoms with E-state index in [1.165, 1.54) is 42.5 Å². The molecule has 4 nitrogen and oxygen atoms in total. The molecule has 0 aromatic heterocycles. The van der Waals surface area contributed by atoms with Gasteiger partial charge in [0.05, 0.1) is 15.5 Å². The van der Waals surface area contributed by atoms with E-state index in [0.29, 0.717) is 5.02 Å². The molecule has 1 N–H and O–H groups in total. The average molecular weight is 462 g/mol. The van der Waals surface area contributed by atoms with Crippen molar-refractivity contribution in [1.29, 1.82) is 0 Å². The second kappa shape index (κ2) is 7.91. The normalized spacial score (nSPS) is 13.3. The van der Waals surface area contributed by atoms with Crippen LogP contribution in [0.25, 0.3) is 0 Å². The number of carbonyl (C=O) groups excluding carboxylic acids is 1. The Bertz CT molecular complexity index is 882. The van der Waals surface area contributed by atoms with Gasteiger partial charge in [-0.3, -0.25) is 4.79 Å². The number of hydrogen-bond acceptors (Lipinski definition) is 3. The van der Waals surface area contributed by atoms with Gasteiger partial charge in [0, 0.05) is 5.02 Å². The van der Waals surface area contributed by atoms with Crippen molar-refractivity contribution in [2.75, 3.05) is 0 Å². The number of carbonyl (C=O) groups is 1. The second-order valence-corrected chi connectivity index (χ2v) is 10.1. The smallest absolute Gasteiger partial charge is 0.253 e. The minimum absolute atomic E-state index is 0.00595. The molecule has 2 aromatic carbocycles. The largest absolute Gasteiger partial charge is 0.332 e. The Kier molecular flexibility index (Phi) is 6.52. The summed E-state index contributed by atoms with van der Waals surface area (Å²) in [5.74, 6) is -0.822. The third kappa shape index (κ3) is 4.94. The third-order valence-corrected chi connectivity index (χ3v) is 6.73. The average Bonchev–Trinajstić information content (AvgIpc) is 2.52. The topological polar surface area (TPSA) is 63.2 Å². The number of benzene rings is 2. The van der Waals surface area contributed by atoms with Gasteiger partial charge in [0.15, 0.2) is 5.37 Å². The molecule has 1 amide bonds. The summed E-state index contributed by atoms with van der Waals surface area (Å²) >= 11 is 29.2. The molecule has 0 fully saturated rings. The van der Waals surface area contributed by atoms with E-state index in [9.17, 15) is 13.2 Å². The van der Waals surface area contributed by atoms with E-state index in [1.54, 1.807) is 6.07 Å². The van der Waals surface area contributed by atoms with Crippen LogP contribution in [-0.4, -0.2) is 23.5 Å². The summed E-state index contributed by atoms with van der Waals surface area (Å²) < 4.78 is 23.2. The maximum atomic E-state index is 12.8. The number of halogens is 5. The molecule has 0 radical (unpaired) electrons. The molecule has 0 unspecified atom stereocenters. The molecule has 0 bridgehead atoms. The Morgan fingerprint density at radius 2 is 1.60 bits per heavy atom. The lowest BCUT2D eigenvalue weighted by Crippen LogP contribution is -2.49. The van der Waals surface area contributed by atoms with Gasteiger partial charge >= 0.3 is 0 Å². The van der Waals surface area contributed by atoms with E-state index in [4.69, 9.17) is 58.0 Å². The quantitative estimate of drug-likeness (QED) is 0.659. The number of sulfone groups is 1. The van der Waals surface area contributed by atoms with Crippen LogP contribution < -0.4 is 5.32 Å². The molecule has 10 heteroatoms. The van der Waals surface area contributed by atoms with Crippen LogP contribution in [0.4, 0.5) is 0 Å². The van der Waals surface area contributed by atoms with Crippen LogP contribution in [0.1, 0.15) is 10.4 Å². The van der Waals surface area contributed by atoms with Gasteiger partial charge in [-0.2, -0.15) is 0 Å². The zero-order valence-corrected chi connectivity index (χ0v) is 16.8. The first-order valence-corrected chi connectivity index (χ1v) is 10.1. The van der Waals surface area contributed by atoms with Crippen molar-refractivity contribution in [1.82, 2.24) is 5.32 Å². The van der Waals surface area contributed by atoms with Crippen molar-refractivity contribution >= 4 is 73.7 Å². The summed E-state index contributed by atoms with van der Waals surface area (Å²) in [4.78, 5) is 12.3. The first-order chi connectivity index (χ1) is 11.5.